The zero-order valence-electron chi connectivity index (χ0n) is 14.6. The van der Waals surface area contributed by atoms with Crippen LogP contribution in [0.15, 0.2) is 24.3 Å². The molecule has 25 heavy (non-hydrogen) atoms. The summed E-state index contributed by atoms with van der Waals surface area (Å²) in [7, 11) is 0. The zero-order valence-corrected chi connectivity index (χ0v) is 14.6. The molecular weight excluding hydrogens is 320 g/mol. The Morgan fingerprint density at radius 3 is 2.56 bits per heavy atom. The van der Waals surface area contributed by atoms with Gasteiger partial charge < -0.3 is 15.3 Å². The van der Waals surface area contributed by atoms with Crippen LogP contribution in [0.1, 0.15) is 43.5 Å². The molecule has 1 saturated heterocycles. The number of amides is 2. The van der Waals surface area contributed by atoms with Crippen molar-refractivity contribution in [2.75, 3.05) is 18.4 Å². The van der Waals surface area contributed by atoms with Gasteiger partial charge in [-0.1, -0.05) is 19.9 Å². The fraction of sp³-hybridized carbons (Fsp3) is 0.526. The summed E-state index contributed by atoms with van der Waals surface area (Å²) in [6.07, 6.45) is 2.30. The summed E-state index contributed by atoms with van der Waals surface area (Å²) in [6.45, 7) is 4.42. The van der Waals surface area contributed by atoms with E-state index in [-0.39, 0.29) is 30.2 Å². The van der Waals surface area contributed by atoms with Gasteiger partial charge >= 0.3 is 5.97 Å². The Kier molecular flexibility index (Phi) is 4.54. The lowest BCUT2D eigenvalue weighted by Gasteiger charge is -2.28. The van der Waals surface area contributed by atoms with Gasteiger partial charge in [0.05, 0.1) is 5.41 Å². The van der Waals surface area contributed by atoms with Gasteiger partial charge in [0.2, 0.25) is 5.91 Å². The second-order valence-corrected chi connectivity index (χ2v) is 7.44. The van der Waals surface area contributed by atoms with E-state index in [1.54, 1.807) is 29.2 Å². The molecule has 0 spiro atoms. The minimum atomic E-state index is -0.881. The molecule has 2 aliphatic rings. The van der Waals surface area contributed by atoms with Crippen molar-refractivity contribution in [3.63, 3.8) is 0 Å². The number of carbonyl (C=O) groups excluding carboxylic acids is 2. The van der Waals surface area contributed by atoms with Crippen molar-refractivity contribution in [3.05, 3.63) is 29.8 Å². The summed E-state index contributed by atoms with van der Waals surface area (Å²) >= 11 is 0. The van der Waals surface area contributed by atoms with Crippen molar-refractivity contribution in [1.29, 1.82) is 0 Å². The molecular formula is C19H24N2O4. The SMILES string of the molecule is CC(C)C1(C(=O)O)CCN(C(=O)c2cccc(NC(=O)C3CC3)c2)C1. The van der Waals surface area contributed by atoms with E-state index < -0.39 is 11.4 Å². The van der Waals surface area contributed by atoms with E-state index in [0.29, 0.717) is 24.2 Å². The van der Waals surface area contributed by atoms with Gasteiger partial charge in [0, 0.05) is 30.3 Å². The molecule has 6 nitrogen and oxygen atoms in total. The highest BCUT2D eigenvalue weighted by Crippen LogP contribution is 2.38. The second kappa shape index (κ2) is 6.50. The molecule has 134 valence electrons. The maximum Gasteiger partial charge on any atom is 0.311 e. The molecule has 0 bridgehead atoms. The predicted octanol–water partition coefficient (Wildman–Crippen LogP) is 2.61. The summed E-state index contributed by atoms with van der Waals surface area (Å²) in [5.41, 5.74) is 0.196. The molecule has 2 N–H and O–H groups in total. The van der Waals surface area contributed by atoms with E-state index in [2.05, 4.69) is 5.32 Å². The lowest BCUT2D eigenvalue weighted by atomic mass is 9.76. The Labute approximate surface area is 147 Å². The van der Waals surface area contributed by atoms with Crippen LogP contribution in [-0.2, 0) is 9.59 Å². The third-order valence-electron chi connectivity index (χ3n) is 5.44. The van der Waals surface area contributed by atoms with Crippen molar-refractivity contribution in [1.82, 2.24) is 4.90 Å². The molecule has 2 fully saturated rings. The molecule has 1 atom stereocenters. The first-order valence-electron chi connectivity index (χ1n) is 8.77. The maximum absolute atomic E-state index is 12.8. The lowest BCUT2D eigenvalue weighted by Crippen LogP contribution is -2.40. The summed E-state index contributed by atoms with van der Waals surface area (Å²) in [4.78, 5) is 38.0. The number of hydrogen-bond donors (Lipinski definition) is 2. The first-order chi connectivity index (χ1) is 11.8. The van der Waals surface area contributed by atoms with E-state index in [1.807, 2.05) is 13.8 Å². The van der Waals surface area contributed by atoms with E-state index in [1.165, 1.54) is 0 Å². The molecule has 1 aliphatic carbocycles. The van der Waals surface area contributed by atoms with Gasteiger partial charge in [0.1, 0.15) is 0 Å². The first kappa shape index (κ1) is 17.5. The van der Waals surface area contributed by atoms with Gasteiger partial charge in [-0.15, -0.1) is 0 Å². The summed E-state index contributed by atoms with van der Waals surface area (Å²) in [5.74, 6) is -0.989. The van der Waals surface area contributed by atoms with Crippen LogP contribution in [0.3, 0.4) is 0 Å². The number of hydrogen-bond acceptors (Lipinski definition) is 3. The summed E-state index contributed by atoms with van der Waals surface area (Å²) in [6, 6.07) is 6.86. The van der Waals surface area contributed by atoms with Crippen LogP contribution in [0.2, 0.25) is 0 Å². The monoisotopic (exact) mass is 344 g/mol. The second-order valence-electron chi connectivity index (χ2n) is 7.44. The number of carboxylic acids is 1. The molecule has 1 aromatic rings. The Hall–Kier alpha value is -2.37. The molecule has 1 heterocycles. The van der Waals surface area contributed by atoms with Crippen LogP contribution in [0, 0.1) is 17.3 Å². The van der Waals surface area contributed by atoms with Crippen molar-refractivity contribution in [2.24, 2.45) is 17.3 Å². The van der Waals surface area contributed by atoms with Gasteiger partial charge in [-0.25, -0.2) is 0 Å². The normalized spacial score (nSPS) is 22.9. The molecule has 3 rings (SSSR count). The van der Waals surface area contributed by atoms with E-state index >= 15 is 0 Å². The minimum Gasteiger partial charge on any atom is -0.481 e. The van der Waals surface area contributed by atoms with Gasteiger partial charge in [-0.3, -0.25) is 14.4 Å². The fourth-order valence-corrected chi connectivity index (χ4v) is 3.40. The van der Waals surface area contributed by atoms with Crippen molar-refractivity contribution >= 4 is 23.5 Å². The quantitative estimate of drug-likeness (QED) is 0.859. The Bertz CT molecular complexity index is 711. The first-order valence-corrected chi connectivity index (χ1v) is 8.77. The van der Waals surface area contributed by atoms with Gasteiger partial charge in [0.15, 0.2) is 0 Å². The van der Waals surface area contributed by atoms with Crippen LogP contribution in [-0.4, -0.2) is 40.9 Å². The zero-order chi connectivity index (χ0) is 18.2. The topological polar surface area (TPSA) is 86.7 Å². The fourth-order valence-electron chi connectivity index (χ4n) is 3.40. The lowest BCUT2D eigenvalue weighted by molar-refractivity contribution is -0.150. The van der Waals surface area contributed by atoms with Crippen LogP contribution >= 0.6 is 0 Å². The third kappa shape index (κ3) is 3.38. The predicted molar refractivity (Wildman–Crippen MR) is 93.2 cm³/mol. The average Bonchev–Trinajstić information content (AvgIpc) is 3.32. The van der Waals surface area contributed by atoms with E-state index in [4.69, 9.17) is 0 Å². The molecule has 1 aliphatic heterocycles. The Morgan fingerprint density at radius 2 is 2.00 bits per heavy atom. The van der Waals surface area contributed by atoms with Crippen molar-refractivity contribution in [2.45, 2.75) is 33.1 Å². The van der Waals surface area contributed by atoms with E-state index in [9.17, 15) is 19.5 Å². The molecule has 0 radical (unpaired) electrons. The number of nitrogens with one attached hydrogen (secondary N) is 1. The minimum absolute atomic E-state index is 0.00419. The molecule has 1 aromatic carbocycles. The van der Waals surface area contributed by atoms with Gasteiger partial charge in [-0.05, 0) is 43.4 Å². The largest absolute Gasteiger partial charge is 0.481 e. The van der Waals surface area contributed by atoms with E-state index in [0.717, 1.165) is 12.8 Å². The Balaban J connectivity index is 1.73. The third-order valence-corrected chi connectivity index (χ3v) is 5.44. The maximum atomic E-state index is 12.8. The van der Waals surface area contributed by atoms with Crippen LogP contribution in [0.25, 0.3) is 0 Å². The summed E-state index contributed by atoms with van der Waals surface area (Å²) in [5, 5.41) is 12.5. The van der Waals surface area contributed by atoms with Gasteiger partial charge in [0.25, 0.3) is 5.91 Å². The highest BCUT2D eigenvalue weighted by Gasteiger charge is 2.48. The standard InChI is InChI=1S/C19H24N2O4/c1-12(2)19(18(24)25)8-9-21(11-19)17(23)14-4-3-5-15(10-14)20-16(22)13-6-7-13/h3-5,10,12-13H,6-9,11H2,1-2H3,(H,20,22)(H,24,25). The molecule has 0 aromatic heterocycles. The number of aliphatic carboxylic acids is 1. The Morgan fingerprint density at radius 1 is 1.28 bits per heavy atom. The number of nitrogens with zero attached hydrogens (tertiary/aromatic N) is 1. The van der Waals surface area contributed by atoms with Crippen LogP contribution < -0.4 is 5.32 Å². The van der Waals surface area contributed by atoms with Crippen LogP contribution in [0.5, 0.6) is 0 Å². The number of carbonyl (C=O) groups is 3. The molecule has 1 unspecified atom stereocenters. The molecule has 1 saturated carbocycles. The van der Waals surface area contributed by atoms with Crippen molar-refractivity contribution < 1.29 is 19.5 Å². The highest BCUT2D eigenvalue weighted by molar-refractivity contribution is 5.98. The van der Waals surface area contributed by atoms with Crippen LogP contribution in [0.4, 0.5) is 5.69 Å². The number of benzene rings is 1. The smallest absolute Gasteiger partial charge is 0.311 e. The highest BCUT2D eigenvalue weighted by atomic mass is 16.4. The molecule has 2 amide bonds. The molecule has 6 heteroatoms. The number of likely N-dealkylation sites (tertiary alicyclic amines) is 1. The number of anilines is 1. The average molecular weight is 344 g/mol. The van der Waals surface area contributed by atoms with Crippen molar-refractivity contribution in [3.8, 4) is 0 Å². The summed E-state index contributed by atoms with van der Waals surface area (Å²) < 4.78 is 0. The van der Waals surface area contributed by atoms with Gasteiger partial charge in [-0.2, -0.15) is 0 Å². The number of rotatable bonds is 5. The number of carboxylic acid groups (broad SMARTS) is 1.